The number of amides is 1. The van der Waals surface area contributed by atoms with Crippen LogP contribution >= 0.6 is 0 Å². The SMILES string of the molecule is CC(Oc1ccc(F)cc1)C(=O)Nc1cccc(-c2ccc3nnc(-c4ccccn4)n3n2)c1. The van der Waals surface area contributed by atoms with Gasteiger partial charge in [0, 0.05) is 17.4 Å². The Morgan fingerprint density at radius 1 is 0.971 bits per heavy atom. The van der Waals surface area contributed by atoms with Gasteiger partial charge in [-0.15, -0.1) is 10.2 Å². The third-order valence-corrected chi connectivity index (χ3v) is 5.08. The molecule has 34 heavy (non-hydrogen) atoms. The first-order valence-electron chi connectivity index (χ1n) is 10.5. The third kappa shape index (κ3) is 4.44. The minimum Gasteiger partial charge on any atom is -0.481 e. The Kier molecular flexibility index (Phi) is 5.65. The van der Waals surface area contributed by atoms with Gasteiger partial charge in [-0.1, -0.05) is 18.2 Å². The van der Waals surface area contributed by atoms with Crippen molar-refractivity contribution in [2.24, 2.45) is 0 Å². The quantitative estimate of drug-likeness (QED) is 0.409. The van der Waals surface area contributed by atoms with E-state index in [0.29, 0.717) is 34.3 Å². The Bertz CT molecular complexity index is 1450. The van der Waals surface area contributed by atoms with Crippen LogP contribution in [0.3, 0.4) is 0 Å². The molecule has 0 aliphatic carbocycles. The number of pyridine rings is 1. The summed E-state index contributed by atoms with van der Waals surface area (Å²) in [4.78, 5) is 16.9. The summed E-state index contributed by atoms with van der Waals surface area (Å²) in [7, 11) is 0. The van der Waals surface area contributed by atoms with Crippen LogP contribution < -0.4 is 10.1 Å². The zero-order valence-electron chi connectivity index (χ0n) is 18.1. The fraction of sp³-hybridized carbons (Fsp3) is 0.0800. The number of hydrogen-bond donors (Lipinski definition) is 1. The number of anilines is 1. The molecule has 5 aromatic rings. The largest absolute Gasteiger partial charge is 0.481 e. The summed E-state index contributed by atoms with van der Waals surface area (Å²) in [5, 5.41) is 15.9. The molecule has 5 rings (SSSR count). The molecule has 168 valence electrons. The van der Waals surface area contributed by atoms with Crippen LogP contribution in [0.2, 0.25) is 0 Å². The number of halogens is 1. The highest BCUT2D eigenvalue weighted by atomic mass is 19.1. The van der Waals surface area contributed by atoms with Gasteiger partial charge < -0.3 is 10.1 Å². The van der Waals surface area contributed by atoms with Crippen LogP contribution in [0.25, 0.3) is 28.4 Å². The van der Waals surface area contributed by atoms with Crippen LogP contribution in [-0.4, -0.2) is 36.8 Å². The number of aromatic nitrogens is 5. The van der Waals surface area contributed by atoms with E-state index in [1.54, 1.807) is 23.7 Å². The molecule has 1 unspecified atom stereocenters. The third-order valence-electron chi connectivity index (χ3n) is 5.08. The van der Waals surface area contributed by atoms with Gasteiger partial charge in [0.2, 0.25) is 5.82 Å². The number of benzene rings is 2. The summed E-state index contributed by atoms with van der Waals surface area (Å²) in [5.41, 5.74) is 3.33. The number of nitrogens with one attached hydrogen (secondary N) is 1. The van der Waals surface area contributed by atoms with Crippen molar-refractivity contribution in [2.75, 3.05) is 5.32 Å². The van der Waals surface area contributed by atoms with Crippen LogP contribution in [0, 0.1) is 5.82 Å². The van der Waals surface area contributed by atoms with E-state index < -0.39 is 6.10 Å². The molecule has 0 aliphatic rings. The van der Waals surface area contributed by atoms with Gasteiger partial charge in [0.25, 0.3) is 5.91 Å². The number of carbonyl (C=O) groups is 1. The molecule has 0 aliphatic heterocycles. The highest BCUT2D eigenvalue weighted by Gasteiger charge is 2.16. The minimum absolute atomic E-state index is 0.332. The first-order chi connectivity index (χ1) is 16.6. The predicted octanol–water partition coefficient (Wildman–Crippen LogP) is 4.40. The molecular formula is C25H19FN6O2. The van der Waals surface area contributed by atoms with Crippen LogP contribution in [0.5, 0.6) is 5.75 Å². The number of rotatable bonds is 6. The van der Waals surface area contributed by atoms with E-state index in [0.717, 1.165) is 5.56 Å². The van der Waals surface area contributed by atoms with Gasteiger partial charge in [0.05, 0.1) is 5.69 Å². The summed E-state index contributed by atoms with van der Waals surface area (Å²) in [5.74, 6) is 0.245. The van der Waals surface area contributed by atoms with Gasteiger partial charge in [-0.05, 0) is 67.6 Å². The fourth-order valence-corrected chi connectivity index (χ4v) is 3.37. The molecule has 0 fully saturated rings. The molecule has 1 N–H and O–H groups in total. The summed E-state index contributed by atoms with van der Waals surface area (Å²) < 4.78 is 20.3. The maximum atomic E-state index is 13.1. The summed E-state index contributed by atoms with van der Waals surface area (Å²) in [6.07, 6.45) is 0.911. The Hall–Kier alpha value is -4.66. The minimum atomic E-state index is -0.776. The number of fused-ring (bicyclic) bond motifs is 1. The average molecular weight is 454 g/mol. The molecule has 1 atom stereocenters. The second-order valence-electron chi connectivity index (χ2n) is 7.51. The fourth-order valence-electron chi connectivity index (χ4n) is 3.37. The monoisotopic (exact) mass is 454 g/mol. The van der Waals surface area contributed by atoms with E-state index in [4.69, 9.17) is 4.74 Å². The zero-order valence-corrected chi connectivity index (χ0v) is 18.1. The Morgan fingerprint density at radius 2 is 1.82 bits per heavy atom. The summed E-state index contributed by atoms with van der Waals surface area (Å²) in [6, 6.07) is 22.1. The molecule has 2 aromatic carbocycles. The van der Waals surface area contributed by atoms with Crippen molar-refractivity contribution in [1.29, 1.82) is 0 Å². The van der Waals surface area contributed by atoms with Crippen molar-refractivity contribution in [1.82, 2.24) is 24.8 Å². The van der Waals surface area contributed by atoms with Gasteiger partial charge in [-0.25, -0.2) is 4.39 Å². The van der Waals surface area contributed by atoms with Crippen LogP contribution in [-0.2, 0) is 4.79 Å². The number of hydrogen-bond acceptors (Lipinski definition) is 6. The van der Waals surface area contributed by atoms with Gasteiger partial charge in [-0.3, -0.25) is 9.78 Å². The Morgan fingerprint density at radius 3 is 2.62 bits per heavy atom. The smallest absolute Gasteiger partial charge is 0.265 e. The lowest BCUT2D eigenvalue weighted by molar-refractivity contribution is -0.122. The second-order valence-corrected chi connectivity index (χ2v) is 7.51. The lowest BCUT2D eigenvalue weighted by Gasteiger charge is -2.15. The van der Waals surface area contributed by atoms with Crippen molar-refractivity contribution in [3.63, 3.8) is 0 Å². The molecular weight excluding hydrogens is 435 g/mol. The van der Waals surface area contributed by atoms with Gasteiger partial charge >= 0.3 is 0 Å². The number of carbonyl (C=O) groups excluding carboxylic acids is 1. The summed E-state index contributed by atoms with van der Waals surface area (Å²) in [6.45, 7) is 1.63. The van der Waals surface area contributed by atoms with Gasteiger partial charge in [-0.2, -0.15) is 9.61 Å². The van der Waals surface area contributed by atoms with Crippen molar-refractivity contribution in [3.05, 3.63) is 90.9 Å². The first kappa shape index (κ1) is 21.2. The second kappa shape index (κ2) is 9.07. The average Bonchev–Trinajstić information content (AvgIpc) is 3.29. The van der Waals surface area contributed by atoms with E-state index in [9.17, 15) is 9.18 Å². The normalized spacial score (nSPS) is 11.8. The maximum Gasteiger partial charge on any atom is 0.265 e. The molecule has 3 heterocycles. The van der Waals surface area contributed by atoms with Crippen LogP contribution in [0.1, 0.15) is 6.92 Å². The molecule has 9 heteroatoms. The predicted molar refractivity (Wildman–Crippen MR) is 125 cm³/mol. The van der Waals surface area contributed by atoms with E-state index in [-0.39, 0.29) is 11.7 Å². The molecule has 3 aromatic heterocycles. The maximum absolute atomic E-state index is 13.1. The van der Waals surface area contributed by atoms with Crippen molar-refractivity contribution < 1.29 is 13.9 Å². The van der Waals surface area contributed by atoms with Crippen molar-refractivity contribution >= 4 is 17.2 Å². The highest BCUT2D eigenvalue weighted by Crippen LogP contribution is 2.23. The van der Waals surface area contributed by atoms with E-state index in [2.05, 4.69) is 25.6 Å². The molecule has 0 bridgehead atoms. The Labute approximate surface area is 194 Å². The molecule has 0 saturated heterocycles. The summed E-state index contributed by atoms with van der Waals surface area (Å²) >= 11 is 0. The van der Waals surface area contributed by atoms with E-state index in [1.807, 2.05) is 48.5 Å². The van der Waals surface area contributed by atoms with E-state index in [1.165, 1.54) is 24.3 Å². The standard InChI is InChI=1S/C25H19FN6O2/c1-16(34-20-10-8-18(26)9-11-20)25(33)28-19-6-4-5-17(15-19)21-12-13-23-29-30-24(32(23)31-21)22-7-2-3-14-27-22/h2-16H,1H3,(H,28,33). The molecule has 8 nitrogen and oxygen atoms in total. The van der Waals surface area contributed by atoms with Crippen LogP contribution in [0.4, 0.5) is 10.1 Å². The lowest BCUT2D eigenvalue weighted by atomic mass is 10.1. The van der Waals surface area contributed by atoms with Crippen molar-refractivity contribution in [3.8, 4) is 28.5 Å². The molecule has 0 radical (unpaired) electrons. The number of nitrogens with zero attached hydrogens (tertiary/aromatic N) is 5. The van der Waals surface area contributed by atoms with Crippen molar-refractivity contribution in [2.45, 2.75) is 13.0 Å². The first-order valence-corrected chi connectivity index (χ1v) is 10.5. The Balaban J connectivity index is 1.36. The molecule has 0 saturated carbocycles. The highest BCUT2D eigenvalue weighted by molar-refractivity contribution is 5.94. The molecule has 1 amide bonds. The topological polar surface area (TPSA) is 94.3 Å². The van der Waals surface area contributed by atoms with E-state index >= 15 is 0 Å². The van der Waals surface area contributed by atoms with Crippen LogP contribution in [0.15, 0.2) is 85.1 Å². The van der Waals surface area contributed by atoms with Gasteiger partial charge in [0.15, 0.2) is 11.8 Å². The zero-order chi connectivity index (χ0) is 23.5. The number of ether oxygens (including phenoxy) is 1. The van der Waals surface area contributed by atoms with Gasteiger partial charge in [0.1, 0.15) is 17.3 Å². The lowest BCUT2D eigenvalue weighted by Crippen LogP contribution is -2.30. The molecule has 0 spiro atoms.